The van der Waals surface area contributed by atoms with Gasteiger partial charge in [0.1, 0.15) is 5.75 Å². The molecule has 11 nitrogen and oxygen atoms in total. The molecule has 0 spiro atoms. The van der Waals surface area contributed by atoms with Gasteiger partial charge in [-0.05, 0) is 120 Å². The molecule has 0 radical (unpaired) electrons. The first-order chi connectivity index (χ1) is 30.5. The highest BCUT2D eigenvalue weighted by Gasteiger charge is 2.30. The summed E-state index contributed by atoms with van der Waals surface area (Å²) in [7, 11) is 0. The molecule has 3 amide bonds. The van der Waals surface area contributed by atoms with Gasteiger partial charge in [-0.1, -0.05) is 104 Å². The van der Waals surface area contributed by atoms with Gasteiger partial charge >= 0.3 is 5.97 Å². The van der Waals surface area contributed by atoms with E-state index in [1.54, 1.807) is 50.2 Å². The van der Waals surface area contributed by atoms with Crippen molar-refractivity contribution in [2.75, 3.05) is 39.5 Å². The second kappa shape index (κ2) is 33.3. The molecule has 12 heteroatoms. The van der Waals surface area contributed by atoms with Crippen LogP contribution in [-0.4, -0.2) is 79.0 Å². The van der Waals surface area contributed by atoms with Gasteiger partial charge in [0.05, 0.1) is 25.7 Å². The SMILES string of the molecule is CC/C=C\C/C=C\C/C=C\C/C=C\C/C=C\C/C=C\CCC(=O)NCCC(CCNC(=O)C(C)(C)Oc1ccc(CCNC(=O)c2ccc(Cl)cc2)cc1)C(=O)OCC(CO)CO. The van der Waals surface area contributed by atoms with Crippen LogP contribution in [-0.2, 0) is 25.5 Å². The fraction of sp³-hybridized carbons (Fsp3) is 0.451. The first-order valence-electron chi connectivity index (χ1n) is 22.1. The third-order valence-electron chi connectivity index (χ3n) is 9.69. The van der Waals surface area contributed by atoms with E-state index in [9.17, 15) is 29.4 Å². The highest BCUT2D eigenvalue weighted by atomic mass is 35.5. The summed E-state index contributed by atoms with van der Waals surface area (Å²) in [5.74, 6) is -2.01. The largest absolute Gasteiger partial charge is 0.478 e. The third-order valence-corrected chi connectivity index (χ3v) is 9.94. The molecule has 2 rings (SSSR count). The van der Waals surface area contributed by atoms with Crippen LogP contribution in [0.25, 0.3) is 0 Å². The van der Waals surface area contributed by atoms with E-state index in [4.69, 9.17) is 21.1 Å². The molecule has 1 atom stereocenters. The van der Waals surface area contributed by atoms with Crippen LogP contribution in [0.15, 0.2) is 121 Å². The van der Waals surface area contributed by atoms with Crippen LogP contribution in [0.2, 0.25) is 5.02 Å². The Morgan fingerprint density at radius 3 is 1.75 bits per heavy atom. The van der Waals surface area contributed by atoms with Crippen molar-refractivity contribution in [1.29, 1.82) is 0 Å². The number of halogens is 1. The summed E-state index contributed by atoms with van der Waals surface area (Å²) in [5.41, 5.74) is 0.266. The molecule has 0 fully saturated rings. The second-order valence-corrected chi connectivity index (χ2v) is 15.9. The van der Waals surface area contributed by atoms with E-state index in [0.717, 1.165) is 44.1 Å². The van der Waals surface area contributed by atoms with Gasteiger partial charge < -0.3 is 35.6 Å². The minimum absolute atomic E-state index is 0.136. The van der Waals surface area contributed by atoms with Crippen molar-refractivity contribution in [3.63, 3.8) is 0 Å². The molecular weight excluding hydrogens is 818 g/mol. The van der Waals surface area contributed by atoms with E-state index in [0.29, 0.717) is 42.1 Å². The normalized spacial score (nSPS) is 12.7. The minimum atomic E-state index is -1.24. The molecule has 344 valence electrons. The number of carbonyl (C=O) groups is 4. The van der Waals surface area contributed by atoms with Gasteiger partial charge in [-0.25, -0.2) is 0 Å². The van der Waals surface area contributed by atoms with Gasteiger partial charge in [0, 0.05) is 42.6 Å². The van der Waals surface area contributed by atoms with Gasteiger partial charge in [-0.2, -0.15) is 0 Å². The van der Waals surface area contributed by atoms with Crippen molar-refractivity contribution in [3.8, 4) is 5.75 Å². The molecule has 0 saturated heterocycles. The number of allylic oxidation sites excluding steroid dienone is 12. The van der Waals surface area contributed by atoms with E-state index < -0.39 is 23.4 Å². The Balaban J connectivity index is 1.73. The van der Waals surface area contributed by atoms with E-state index in [-0.39, 0.29) is 63.5 Å². The van der Waals surface area contributed by atoms with Crippen LogP contribution in [0.4, 0.5) is 0 Å². The Morgan fingerprint density at radius 2 is 1.21 bits per heavy atom. The topological polar surface area (TPSA) is 163 Å². The molecule has 0 saturated carbocycles. The van der Waals surface area contributed by atoms with Gasteiger partial charge in [-0.3, -0.25) is 19.2 Å². The fourth-order valence-corrected chi connectivity index (χ4v) is 5.98. The Bertz CT molecular complexity index is 1800. The Morgan fingerprint density at radius 1 is 0.683 bits per heavy atom. The molecular formula is C51H70ClN3O8. The van der Waals surface area contributed by atoms with Crippen LogP contribution in [0.1, 0.15) is 101 Å². The van der Waals surface area contributed by atoms with Crippen LogP contribution in [0, 0.1) is 11.8 Å². The minimum Gasteiger partial charge on any atom is -0.478 e. The zero-order valence-corrected chi connectivity index (χ0v) is 38.2. The lowest BCUT2D eigenvalue weighted by atomic mass is 10.0. The first-order valence-corrected chi connectivity index (χ1v) is 22.5. The molecule has 2 aromatic rings. The van der Waals surface area contributed by atoms with Gasteiger partial charge in [-0.15, -0.1) is 0 Å². The summed E-state index contributed by atoms with van der Waals surface area (Å²) in [6.07, 6.45) is 33.3. The average Bonchev–Trinajstić information content (AvgIpc) is 3.27. The Hall–Kier alpha value is -5.23. The van der Waals surface area contributed by atoms with Gasteiger partial charge in [0.15, 0.2) is 5.60 Å². The van der Waals surface area contributed by atoms with Crippen molar-refractivity contribution in [2.24, 2.45) is 11.8 Å². The number of hydrogen-bond donors (Lipinski definition) is 5. The van der Waals surface area contributed by atoms with Crippen LogP contribution in [0.5, 0.6) is 5.75 Å². The third kappa shape index (κ3) is 25.5. The predicted molar refractivity (Wildman–Crippen MR) is 253 cm³/mol. The number of aliphatic hydroxyl groups is 2. The smallest absolute Gasteiger partial charge is 0.309 e. The maximum atomic E-state index is 13.2. The van der Waals surface area contributed by atoms with Crippen molar-refractivity contribution >= 4 is 35.3 Å². The van der Waals surface area contributed by atoms with Gasteiger partial charge in [0.2, 0.25) is 5.91 Å². The number of benzene rings is 2. The maximum Gasteiger partial charge on any atom is 0.309 e. The van der Waals surface area contributed by atoms with E-state index in [1.807, 2.05) is 24.3 Å². The lowest BCUT2D eigenvalue weighted by Crippen LogP contribution is -2.47. The van der Waals surface area contributed by atoms with Crippen LogP contribution in [0.3, 0.4) is 0 Å². The highest BCUT2D eigenvalue weighted by molar-refractivity contribution is 6.30. The number of rotatable bonds is 32. The summed E-state index contributed by atoms with van der Waals surface area (Å²) in [4.78, 5) is 51.2. The highest BCUT2D eigenvalue weighted by Crippen LogP contribution is 2.20. The van der Waals surface area contributed by atoms with Crippen LogP contribution >= 0.6 is 11.6 Å². The molecule has 1 unspecified atom stereocenters. The standard InChI is InChI=1S/C51H70ClN3O8/c1-4-5-6-7-8-9-10-11-12-13-14-15-16-17-18-19-20-21-22-23-47(58)53-36-33-44(49(60)62-40-42(38-56)39-57)34-37-55-50(61)51(2,3)63-46-30-24-41(25-31-46)32-35-54-48(59)43-26-28-45(52)29-27-43/h5-6,8-9,11-12,14-15,17-18,20-21,24-31,42,44,56-57H,4,7,10,13,16,19,22-23,32-40H2,1-3H3,(H,53,58)(H,54,59)(H,55,61)/b6-5-,9-8-,12-11-,15-14-,18-17-,21-20-. The number of hydrogen-bond acceptors (Lipinski definition) is 8. The van der Waals surface area contributed by atoms with Gasteiger partial charge in [0.25, 0.3) is 11.8 Å². The molecule has 0 bridgehead atoms. The fourth-order valence-electron chi connectivity index (χ4n) is 5.85. The Labute approximate surface area is 380 Å². The van der Waals surface area contributed by atoms with E-state index >= 15 is 0 Å². The summed E-state index contributed by atoms with van der Waals surface area (Å²) >= 11 is 5.90. The second-order valence-electron chi connectivity index (χ2n) is 15.5. The zero-order chi connectivity index (χ0) is 46.0. The van der Waals surface area contributed by atoms with Crippen molar-refractivity contribution in [3.05, 3.63) is 138 Å². The molecule has 2 aromatic carbocycles. The lowest BCUT2D eigenvalue weighted by molar-refractivity contribution is -0.151. The maximum absolute atomic E-state index is 13.2. The summed E-state index contributed by atoms with van der Waals surface area (Å²) in [6, 6.07) is 13.9. The molecule has 0 heterocycles. The Kier molecular flexibility index (Phi) is 28.5. The summed E-state index contributed by atoms with van der Waals surface area (Å²) < 4.78 is 11.4. The van der Waals surface area contributed by atoms with Crippen LogP contribution < -0.4 is 20.7 Å². The summed E-state index contributed by atoms with van der Waals surface area (Å²) in [6.45, 7) is 5.43. The quantitative estimate of drug-likeness (QED) is 0.0360. The van der Waals surface area contributed by atoms with E-state index in [1.165, 1.54) is 0 Å². The van der Waals surface area contributed by atoms with E-state index in [2.05, 4.69) is 83.6 Å². The molecule has 5 N–H and O–H groups in total. The van der Waals surface area contributed by atoms with Crippen molar-refractivity contribution in [1.82, 2.24) is 16.0 Å². The number of esters is 1. The molecule has 0 aliphatic heterocycles. The zero-order valence-electron chi connectivity index (χ0n) is 37.4. The lowest BCUT2D eigenvalue weighted by Gasteiger charge is -2.26. The number of ether oxygens (including phenoxy) is 2. The van der Waals surface area contributed by atoms with Crippen molar-refractivity contribution < 1.29 is 38.9 Å². The number of amides is 3. The monoisotopic (exact) mass is 887 g/mol. The number of carbonyl (C=O) groups excluding carboxylic acids is 4. The number of aliphatic hydroxyl groups excluding tert-OH is 2. The summed E-state index contributed by atoms with van der Waals surface area (Å²) in [5, 5.41) is 28.0. The molecule has 63 heavy (non-hydrogen) atoms. The van der Waals surface area contributed by atoms with Crippen molar-refractivity contribution in [2.45, 2.75) is 97.0 Å². The molecule has 0 aromatic heterocycles. The average molecular weight is 889 g/mol. The molecule has 0 aliphatic rings. The molecule has 0 aliphatic carbocycles. The first kappa shape index (κ1) is 53.9. The number of nitrogens with one attached hydrogen (secondary N) is 3. The predicted octanol–water partition coefficient (Wildman–Crippen LogP) is 8.72.